The number of hydrogen-bond donors (Lipinski definition) is 1. The molecule has 0 aromatic heterocycles. The largest absolute Gasteiger partial charge is 0.418 e. The van der Waals surface area contributed by atoms with Crippen molar-refractivity contribution in [1.29, 1.82) is 0 Å². The third-order valence-corrected chi connectivity index (χ3v) is 3.32. The maximum Gasteiger partial charge on any atom is 0.418 e. The summed E-state index contributed by atoms with van der Waals surface area (Å²) in [6.45, 7) is 1.04. The lowest BCUT2D eigenvalue weighted by Crippen LogP contribution is -2.28. The number of benzene rings is 1. The van der Waals surface area contributed by atoms with E-state index in [2.05, 4.69) is 15.9 Å². The van der Waals surface area contributed by atoms with Gasteiger partial charge in [0.1, 0.15) is 0 Å². The Morgan fingerprint density at radius 3 is 2.59 bits per heavy atom. The van der Waals surface area contributed by atoms with Crippen molar-refractivity contribution in [3.05, 3.63) is 28.2 Å². The summed E-state index contributed by atoms with van der Waals surface area (Å²) in [6, 6.07) is 3.96. The van der Waals surface area contributed by atoms with Gasteiger partial charge in [-0.3, -0.25) is 0 Å². The van der Waals surface area contributed by atoms with Gasteiger partial charge in [0, 0.05) is 23.6 Å². The van der Waals surface area contributed by atoms with Crippen LogP contribution >= 0.6 is 15.9 Å². The Hall–Kier alpha value is -0.750. The summed E-state index contributed by atoms with van der Waals surface area (Å²) < 4.78 is 39.2. The normalized spacial score (nSPS) is 21.0. The fourth-order valence-electron chi connectivity index (χ4n) is 2.01. The Balaban J connectivity index is 2.40. The minimum Gasteiger partial charge on any atom is -0.369 e. The van der Waals surface area contributed by atoms with Gasteiger partial charge in [0.2, 0.25) is 0 Å². The van der Waals surface area contributed by atoms with Crippen molar-refractivity contribution < 1.29 is 13.2 Å². The van der Waals surface area contributed by atoms with Crippen LogP contribution < -0.4 is 10.6 Å². The molecule has 1 saturated heterocycles. The quantitative estimate of drug-likeness (QED) is 0.864. The van der Waals surface area contributed by atoms with E-state index in [0.29, 0.717) is 17.6 Å². The van der Waals surface area contributed by atoms with Gasteiger partial charge in [-0.25, -0.2) is 0 Å². The first-order valence-electron chi connectivity index (χ1n) is 5.25. The van der Waals surface area contributed by atoms with Gasteiger partial charge in [-0.05, 0) is 24.6 Å². The molecule has 1 aromatic carbocycles. The third kappa shape index (κ3) is 2.74. The van der Waals surface area contributed by atoms with E-state index in [1.54, 1.807) is 4.90 Å². The van der Waals surface area contributed by atoms with Crippen molar-refractivity contribution in [2.24, 2.45) is 5.73 Å². The van der Waals surface area contributed by atoms with Crippen LogP contribution in [-0.4, -0.2) is 19.1 Å². The molecule has 2 rings (SSSR count). The molecule has 17 heavy (non-hydrogen) atoms. The molecule has 94 valence electrons. The highest BCUT2D eigenvalue weighted by Crippen LogP contribution is 2.38. The van der Waals surface area contributed by atoms with Crippen molar-refractivity contribution >= 4 is 21.6 Å². The summed E-state index contributed by atoms with van der Waals surface area (Å²) in [5.74, 6) is 0. The highest BCUT2D eigenvalue weighted by molar-refractivity contribution is 9.10. The minimum atomic E-state index is -4.33. The zero-order chi connectivity index (χ0) is 12.6. The molecule has 2 nitrogen and oxygen atoms in total. The van der Waals surface area contributed by atoms with Gasteiger partial charge in [0.15, 0.2) is 0 Å². The predicted molar refractivity (Wildman–Crippen MR) is 63.9 cm³/mol. The topological polar surface area (TPSA) is 29.3 Å². The summed E-state index contributed by atoms with van der Waals surface area (Å²) >= 11 is 3.20. The smallest absolute Gasteiger partial charge is 0.369 e. The fourth-order valence-corrected chi connectivity index (χ4v) is 2.36. The Morgan fingerprint density at radius 1 is 1.35 bits per heavy atom. The second kappa shape index (κ2) is 4.49. The lowest BCUT2D eigenvalue weighted by Gasteiger charge is -2.23. The molecule has 1 atom stereocenters. The molecule has 1 aliphatic rings. The highest BCUT2D eigenvalue weighted by Gasteiger charge is 2.36. The lowest BCUT2D eigenvalue weighted by molar-refractivity contribution is -0.137. The number of alkyl halides is 3. The van der Waals surface area contributed by atoms with E-state index in [9.17, 15) is 13.2 Å². The second-order valence-electron chi connectivity index (χ2n) is 4.15. The van der Waals surface area contributed by atoms with Crippen LogP contribution in [0.3, 0.4) is 0 Å². The lowest BCUT2D eigenvalue weighted by atomic mass is 10.1. The van der Waals surface area contributed by atoms with Crippen molar-refractivity contribution in [3.63, 3.8) is 0 Å². The van der Waals surface area contributed by atoms with E-state index < -0.39 is 11.7 Å². The highest BCUT2D eigenvalue weighted by atomic mass is 79.9. The maximum atomic E-state index is 12.9. The van der Waals surface area contributed by atoms with E-state index in [0.717, 1.165) is 12.5 Å². The molecule has 0 aliphatic carbocycles. The number of nitrogens with zero attached hydrogens (tertiary/aromatic N) is 1. The van der Waals surface area contributed by atoms with Crippen molar-refractivity contribution in [2.45, 2.75) is 18.6 Å². The second-order valence-corrected chi connectivity index (χ2v) is 5.07. The molecule has 0 radical (unpaired) electrons. The van der Waals surface area contributed by atoms with E-state index in [-0.39, 0.29) is 11.7 Å². The molecule has 0 bridgehead atoms. The molecular weight excluding hydrogens is 297 g/mol. The molecular formula is C11H12BrF3N2. The average Bonchev–Trinajstić information content (AvgIpc) is 2.62. The van der Waals surface area contributed by atoms with E-state index in [1.165, 1.54) is 12.1 Å². The molecule has 0 saturated carbocycles. The Morgan fingerprint density at radius 2 is 2.06 bits per heavy atom. The Labute approximate surface area is 106 Å². The molecule has 0 spiro atoms. The zero-order valence-electron chi connectivity index (χ0n) is 8.97. The third-order valence-electron chi connectivity index (χ3n) is 2.83. The maximum absolute atomic E-state index is 12.9. The molecule has 2 N–H and O–H groups in total. The summed E-state index contributed by atoms with van der Waals surface area (Å²) in [5, 5.41) is 0. The SMILES string of the molecule is NC1CCN(c2cc(Br)ccc2C(F)(F)F)C1. The van der Waals surface area contributed by atoms with Gasteiger partial charge in [-0.15, -0.1) is 0 Å². The summed E-state index contributed by atoms with van der Waals surface area (Å²) in [6.07, 6.45) is -3.60. The molecule has 1 fully saturated rings. The van der Waals surface area contributed by atoms with Crippen LogP contribution in [-0.2, 0) is 6.18 Å². The van der Waals surface area contributed by atoms with Crippen LogP contribution in [0.15, 0.2) is 22.7 Å². The molecule has 0 amide bonds. The summed E-state index contributed by atoms with van der Waals surface area (Å²) in [4.78, 5) is 1.69. The van der Waals surface area contributed by atoms with Crippen molar-refractivity contribution in [3.8, 4) is 0 Å². The molecule has 1 heterocycles. The predicted octanol–water partition coefficient (Wildman–Crippen LogP) is 3.01. The zero-order valence-corrected chi connectivity index (χ0v) is 10.6. The fraction of sp³-hybridized carbons (Fsp3) is 0.455. The van der Waals surface area contributed by atoms with Gasteiger partial charge >= 0.3 is 6.18 Å². The van der Waals surface area contributed by atoms with Gasteiger partial charge < -0.3 is 10.6 Å². The number of hydrogen-bond acceptors (Lipinski definition) is 2. The van der Waals surface area contributed by atoms with E-state index >= 15 is 0 Å². The first-order valence-corrected chi connectivity index (χ1v) is 6.04. The first-order chi connectivity index (χ1) is 7.88. The average molecular weight is 309 g/mol. The van der Waals surface area contributed by atoms with Crippen molar-refractivity contribution in [1.82, 2.24) is 0 Å². The van der Waals surface area contributed by atoms with Crippen LogP contribution in [0, 0.1) is 0 Å². The molecule has 6 heteroatoms. The van der Waals surface area contributed by atoms with Gasteiger partial charge in [0.05, 0.1) is 11.3 Å². The number of rotatable bonds is 1. The van der Waals surface area contributed by atoms with Crippen LogP contribution in [0.5, 0.6) is 0 Å². The Kier molecular flexibility index (Phi) is 3.36. The monoisotopic (exact) mass is 308 g/mol. The van der Waals surface area contributed by atoms with Gasteiger partial charge in [-0.1, -0.05) is 15.9 Å². The Bertz CT molecular complexity index is 420. The standard InChI is InChI=1S/C11H12BrF3N2/c12-7-1-2-9(11(13,14)15)10(5-7)17-4-3-8(16)6-17/h1-2,5,8H,3-4,6,16H2. The van der Waals surface area contributed by atoms with Crippen LogP contribution in [0.25, 0.3) is 0 Å². The van der Waals surface area contributed by atoms with E-state index in [1.807, 2.05) is 0 Å². The first kappa shape index (κ1) is 12.7. The minimum absolute atomic E-state index is 0.0462. The van der Waals surface area contributed by atoms with Gasteiger partial charge in [-0.2, -0.15) is 13.2 Å². The van der Waals surface area contributed by atoms with E-state index in [4.69, 9.17) is 5.73 Å². The number of anilines is 1. The van der Waals surface area contributed by atoms with Crippen LogP contribution in [0.4, 0.5) is 18.9 Å². The van der Waals surface area contributed by atoms with Gasteiger partial charge in [0.25, 0.3) is 0 Å². The summed E-state index contributed by atoms with van der Waals surface area (Å²) in [7, 11) is 0. The molecule has 1 unspecified atom stereocenters. The van der Waals surface area contributed by atoms with Crippen molar-refractivity contribution in [2.75, 3.05) is 18.0 Å². The van der Waals surface area contributed by atoms with Crippen LogP contribution in [0.1, 0.15) is 12.0 Å². The molecule has 1 aliphatic heterocycles. The summed E-state index contributed by atoms with van der Waals surface area (Å²) in [5.41, 5.74) is 5.33. The van der Waals surface area contributed by atoms with Crippen LogP contribution in [0.2, 0.25) is 0 Å². The molecule has 1 aromatic rings. The number of nitrogens with two attached hydrogens (primary N) is 1. The number of halogens is 4.